The highest BCUT2D eigenvalue weighted by Gasteiger charge is 2.34. The number of nitrogens with two attached hydrogens (primary N) is 1. The Morgan fingerprint density at radius 2 is 1.65 bits per heavy atom. The van der Waals surface area contributed by atoms with E-state index in [1.165, 1.54) is 26.0 Å². The van der Waals surface area contributed by atoms with Gasteiger partial charge in [0.05, 0.1) is 9.85 Å². The van der Waals surface area contributed by atoms with Crippen molar-refractivity contribution in [3.05, 3.63) is 43.5 Å². The van der Waals surface area contributed by atoms with E-state index in [2.05, 4.69) is 0 Å². The Morgan fingerprint density at radius 1 is 1.17 bits per heavy atom. The van der Waals surface area contributed by atoms with Crippen LogP contribution in [-0.2, 0) is 17.6 Å². The largest absolute Gasteiger partial charge is 0.369 e. The van der Waals surface area contributed by atoms with E-state index in [1.54, 1.807) is 0 Å². The maximum Gasteiger partial charge on any atom is 0.279 e. The van der Waals surface area contributed by atoms with Crippen molar-refractivity contribution < 1.29 is 14.6 Å². The van der Waals surface area contributed by atoms with Crippen LogP contribution in [0.2, 0.25) is 0 Å². The molecule has 1 amide bonds. The monoisotopic (exact) mass is 323 g/mol. The molecule has 0 heterocycles. The summed E-state index contributed by atoms with van der Waals surface area (Å²) in [7, 11) is 0. The topological polar surface area (TPSA) is 129 Å². The molecule has 0 fully saturated rings. The molecule has 0 saturated heterocycles. The summed E-state index contributed by atoms with van der Waals surface area (Å²) in [6.45, 7) is 4.98. The van der Waals surface area contributed by atoms with Gasteiger partial charge in [0, 0.05) is 17.5 Å². The third kappa shape index (κ3) is 4.48. The second-order valence-electron chi connectivity index (χ2n) is 6.16. The summed E-state index contributed by atoms with van der Waals surface area (Å²) in [5, 5.41) is 22.7. The minimum absolute atomic E-state index is 0.0657. The molecule has 1 aromatic carbocycles. The number of nitrogens with zero attached hydrogens (tertiary/aromatic N) is 2. The third-order valence-corrected chi connectivity index (χ3v) is 3.76. The molecule has 126 valence electrons. The number of amides is 1. The number of hydrogen-bond donors (Lipinski definition) is 1. The number of hydrogen-bond acceptors (Lipinski definition) is 5. The molecule has 1 aromatic rings. The number of rotatable bonds is 8. The van der Waals surface area contributed by atoms with E-state index in [1.807, 2.05) is 6.92 Å². The SMILES string of the molecule is CCCCc1cc([N+](=O)[O-])c(CC(C)(C)C(N)=O)c([N+](=O)[O-])c1. The third-order valence-electron chi connectivity index (χ3n) is 3.76. The van der Waals surface area contributed by atoms with E-state index >= 15 is 0 Å². The number of benzene rings is 1. The van der Waals surface area contributed by atoms with Gasteiger partial charge >= 0.3 is 0 Å². The van der Waals surface area contributed by atoms with Gasteiger partial charge < -0.3 is 5.73 Å². The number of primary amides is 1. The first-order valence-corrected chi connectivity index (χ1v) is 7.34. The van der Waals surface area contributed by atoms with Crippen molar-refractivity contribution in [1.82, 2.24) is 0 Å². The molecule has 0 radical (unpaired) electrons. The Hall–Kier alpha value is -2.51. The first kappa shape index (κ1) is 18.5. The highest BCUT2D eigenvalue weighted by Crippen LogP contribution is 2.36. The number of aryl methyl sites for hydroxylation is 1. The fourth-order valence-corrected chi connectivity index (χ4v) is 2.26. The van der Waals surface area contributed by atoms with Crippen LogP contribution in [0, 0.1) is 25.6 Å². The van der Waals surface area contributed by atoms with Crippen LogP contribution in [0.4, 0.5) is 11.4 Å². The van der Waals surface area contributed by atoms with Crippen LogP contribution in [0.15, 0.2) is 12.1 Å². The lowest BCUT2D eigenvalue weighted by molar-refractivity contribution is -0.395. The number of carbonyl (C=O) groups excluding carboxylic acids is 1. The highest BCUT2D eigenvalue weighted by molar-refractivity contribution is 5.80. The van der Waals surface area contributed by atoms with Crippen LogP contribution in [-0.4, -0.2) is 15.8 Å². The summed E-state index contributed by atoms with van der Waals surface area (Å²) in [5.41, 5.74) is 3.98. The van der Waals surface area contributed by atoms with Gasteiger partial charge in [0.15, 0.2) is 0 Å². The minimum atomic E-state index is -1.12. The fourth-order valence-electron chi connectivity index (χ4n) is 2.26. The van der Waals surface area contributed by atoms with Gasteiger partial charge in [-0.05, 0) is 24.8 Å². The Labute approximate surface area is 134 Å². The number of carbonyl (C=O) groups is 1. The van der Waals surface area contributed by atoms with E-state index in [4.69, 9.17) is 5.73 Å². The highest BCUT2D eigenvalue weighted by atomic mass is 16.6. The van der Waals surface area contributed by atoms with Gasteiger partial charge in [-0.2, -0.15) is 0 Å². The molecule has 23 heavy (non-hydrogen) atoms. The molecular formula is C15H21N3O5. The molecule has 8 heteroatoms. The summed E-state index contributed by atoms with van der Waals surface area (Å²) in [6, 6.07) is 2.71. The van der Waals surface area contributed by atoms with Crippen molar-refractivity contribution in [3.8, 4) is 0 Å². The number of nitro groups is 2. The zero-order chi connectivity index (χ0) is 17.8. The maximum atomic E-state index is 11.5. The van der Waals surface area contributed by atoms with Crippen molar-refractivity contribution in [2.75, 3.05) is 0 Å². The normalized spacial score (nSPS) is 11.3. The Kier molecular flexibility index (Phi) is 5.78. The van der Waals surface area contributed by atoms with Crippen LogP contribution in [0.5, 0.6) is 0 Å². The van der Waals surface area contributed by atoms with Gasteiger partial charge in [-0.3, -0.25) is 25.0 Å². The zero-order valence-corrected chi connectivity index (χ0v) is 13.5. The zero-order valence-electron chi connectivity index (χ0n) is 13.5. The first-order chi connectivity index (χ1) is 10.6. The van der Waals surface area contributed by atoms with Gasteiger partial charge in [0.25, 0.3) is 11.4 Å². The average molecular weight is 323 g/mol. The summed E-state index contributed by atoms with van der Waals surface area (Å²) < 4.78 is 0. The lowest BCUT2D eigenvalue weighted by atomic mass is 9.83. The van der Waals surface area contributed by atoms with Crippen LogP contribution in [0.1, 0.15) is 44.7 Å². The first-order valence-electron chi connectivity index (χ1n) is 7.34. The van der Waals surface area contributed by atoms with Crippen molar-refractivity contribution in [2.45, 2.75) is 46.5 Å². The number of unbranched alkanes of at least 4 members (excludes halogenated alkanes) is 1. The van der Waals surface area contributed by atoms with Gasteiger partial charge in [0.1, 0.15) is 5.56 Å². The summed E-state index contributed by atoms with van der Waals surface area (Å²) in [6.07, 6.45) is 2.01. The lowest BCUT2D eigenvalue weighted by Gasteiger charge is -2.20. The summed E-state index contributed by atoms with van der Waals surface area (Å²) in [5.74, 6) is -0.670. The predicted octanol–water partition coefficient (Wildman–Crippen LogP) is 2.90. The Balaban J connectivity index is 3.49. The van der Waals surface area contributed by atoms with Crippen LogP contribution < -0.4 is 5.73 Å². The summed E-state index contributed by atoms with van der Waals surface area (Å²) in [4.78, 5) is 32.9. The van der Waals surface area contributed by atoms with Crippen LogP contribution >= 0.6 is 0 Å². The lowest BCUT2D eigenvalue weighted by Crippen LogP contribution is -2.33. The molecule has 0 aliphatic heterocycles. The quantitative estimate of drug-likeness (QED) is 0.580. The minimum Gasteiger partial charge on any atom is -0.369 e. The van der Waals surface area contributed by atoms with Crippen molar-refractivity contribution in [3.63, 3.8) is 0 Å². The van der Waals surface area contributed by atoms with Crippen molar-refractivity contribution in [2.24, 2.45) is 11.1 Å². The molecule has 0 bridgehead atoms. The van der Waals surface area contributed by atoms with E-state index in [9.17, 15) is 25.0 Å². The number of nitro benzene ring substituents is 2. The second-order valence-corrected chi connectivity index (χ2v) is 6.16. The van der Waals surface area contributed by atoms with Gasteiger partial charge in [0.2, 0.25) is 5.91 Å². The summed E-state index contributed by atoms with van der Waals surface area (Å²) >= 11 is 0. The van der Waals surface area contributed by atoms with E-state index in [0.717, 1.165) is 12.8 Å². The standard InChI is InChI=1S/C15H21N3O5/c1-4-5-6-10-7-12(17(20)21)11(13(8-10)18(22)23)9-15(2,3)14(16)19/h7-8H,4-6,9H2,1-3H3,(H2,16,19). The second kappa shape index (κ2) is 7.17. The molecule has 0 aliphatic rings. The maximum absolute atomic E-state index is 11.5. The molecule has 0 aliphatic carbocycles. The molecule has 8 nitrogen and oxygen atoms in total. The van der Waals surface area contributed by atoms with Crippen molar-refractivity contribution >= 4 is 17.3 Å². The van der Waals surface area contributed by atoms with Crippen LogP contribution in [0.25, 0.3) is 0 Å². The van der Waals surface area contributed by atoms with E-state index in [-0.39, 0.29) is 23.4 Å². The molecule has 0 spiro atoms. The molecule has 1 rings (SSSR count). The van der Waals surface area contributed by atoms with E-state index in [0.29, 0.717) is 12.0 Å². The van der Waals surface area contributed by atoms with Gasteiger partial charge in [-0.25, -0.2) is 0 Å². The fraction of sp³-hybridized carbons (Fsp3) is 0.533. The molecule has 0 unspecified atom stereocenters. The molecule has 2 N–H and O–H groups in total. The molecule has 0 saturated carbocycles. The average Bonchev–Trinajstić information content (AvgIpc) is 2.44. The Bertz CT molecular complexity index is 605. The molecule has 0 atom stereocenters. The molecular weight excluding hydrogens is 302 g/mol. The van der Waals surface area contributed by atoms with Crippen molar-refractivity contribution in [1.29, 1.82) is 0 Å². The smallest absolute Gasteiger partial charge is 0.279 e. The van der Waals surface area contributed by atoms with E-state index < -0.39 is 21.2 Å². The predicted molar refractivity (Wildman–Crippen MR) is 85.0 cm³/mol. The van der Waals surface area contributed by atoms with Gasteiger partial charge in [-0.1, -0.05) is 27.2 Å². The van der Waals surface area contributed by atoms with Crippen LogP contribution in [0.3, 0.4) is 0 Å². The Morgan fingerprint density at radius 3 is 2.00 bits per heavy atom. The van der Waals surface area contributed by atoms with Gasteiger partial charge in [-0.15, -0.1) is 0 Å². The molecule has 0 aromatic heterocycles.